The zero-order chi connectivity index (χ0) is 14.4. The minimum absolute atomic E-state index is 0.0576. The van der Waals surface area contributed by atoms with Crippen LogP contribution in [0.5, 0.6) is 0 Å². The Kier molecular flexibility index (Phi) is 4.60. The van der Waals surface area contributed by atoms with Gasteiger partial charge < -0.3 is 20.7 Å². The third-order valence-corrected chi connectivity index (χ3v) is 2.97. The molecule has 0 radical (unpaired) electrons. The average molecular weight is 275 g/mol. The van der Waals surface area contributed by atoms with E-state index in [0.717, 1.165) is 16.5 Å². The SMILES string of the molecule is O=C(O)CCCNC(=O)NCc1cccc2cc[nH]c12. The van der Waals surface area contributed by atoms with Gasteiger partial charge in [0.05, 0.1) is 5.52 Å². The molecule has 106 valence electrons. The van der Waals surface area contributed by atoms with Crippen molar-refractivity contribution in [3.8, 4) is 0 Å². The van der Waals surface area contributed by atoms with E-state index in [9.17, 15) is 9.59 Å². The van der Waals surface area contributed by atoms with E-state index in [1.54, 1.807) is 0 Å². The molecule has 6 nitrogen and oxygen atoms in total. The van der Waals surface area contributed by atoms with Gasteiger partial charge in [0.25, 0.3) is 0 Å². The molecule has 1 heterocycles. The third kappa shape index (κ3) is 3.74. The van der Waals surface area contributed by atoms with E-state index >= 15 is 0 Å². The predicted molar refractivity (Wildman–Crippen MR) is 75.4 cm³/mol. The minimum atomic E-state index is -0.856. The molecule has 1 aromatic heterocycles. The molecule has 0 aliphatic rings. The maximum atomic E-state index is 11.6. The number of aliphatic carboxylic acids is 1. The fraction of sp³-hybridized carbons (Fsp3) is 0.286. The van der Waals surface area contributed by atoms with Gasteiger partial charge in [-0.3, -0.25) is 4.79 Å². The third-order valence-electron chi connectivity index (χ3n) is 2.97. The molecule has 0 aliphatic heterocycles. The largest absolute Gasteiger partial charge is 0.481 e. The lowest BCUT2D eigenvalue weighted by Gasteiger charge is -2.08. The number of carbonyl (C=O) groups is 2. The lowest BCUT2D eigenvalue weighted by Crippen LogP contribution is -2.35. The van der Waals surface area contributed by atoms with E-state index in [2.05, 4.69) is 15.6 Å². The van der Waals surface area contributed by atoms with Gasteiger partial charge in [-0.2, -0.15) is 0 Å². The van der Waals surface area contributed by atoms with Crippen molar-refractivity contribution >= 4 is 22.9 Å². The topological polar surface area (TPSA) is 94.2 Å². The van der Waals surface area contributed by atoms with Crippen LogP contribution in [0.25, 0.3) is 10.9 Å². The number of carboxylic acid groups (broad SMARTS) is 1. The number of carboxylic acids is 1. The standard InChI is InChI=1S/C14H17N3O3/c18-12(19)5-2-7-16-14(20)17-9-11-4-1-3-10-6-8-15-13(10)11/h1,3-4,6,8,15H,2,5,7,9H2,(H,18,19)(H2,16,17,20). The molecule has 0 fully saturated rings. The van der Waals surface area contributed by atoms with Crippen LogP contribution in [0, 0.1) is 0 Å². The van der Waals surface area contributed by atoms with Crippen molar-refractivity contribution in [2.75, 3.05) is 6.54 Å². The quantitative estimate of drug-likeness (QED) is 0.606. The number of aromatic amines is 1. The van der Waals surface area contributed by atoms with Gasteiger partial charge >= 0.3 is 12.0 Å². The van der Waals surface area contributed by atoms with Crippen LogP contribution in [0.3, 0.4) is 0 Å². The number of aromatic nitrogens is 1. The second kappa shape index (κ2) is 6.60. The molecular formula is C14H17N3O3. The fourth-order valence-corrected chi connectivity index (χ4v) is 1.98. The summed E-state index contributed by atoms with van der Waals surface area (Å²) < 4.78 is 0. The van der Waals surface area contributed by atoms with Gasteiger partial charge in [0.1, 0.15) is 0 Å². The van der Waals surface area contributed by atoms with E-state index in [1.165, 1.54) is 0 Å². The van der Waals surface area contributed by atoms with Gasteiger partial charge in [0.2, 0.25) is 0 Å². The van der Waals surface area contributed by atoms with Crippen molar-refractivity contribution in [2.45, 2.75) is 19.4 Å². The van der Waals surface area contributed by atoms with Gasteiger partial charge in [0.15, 0.2) is 0 Å². The van der Waals surface area contributed by atoms with E-state index in [0.29, 0.717) is 19.5 Å². The number of hydrogen-bond donors (Lipinski definition) is 4. The lowest BCUT2D eigenvalue weighted by molar-refractivity contribution is -0.137. The zero-order valence-corrected chi connectivity index (χ0v) is 11.0. The predicted octanol–water partition coefficient (Wildman–Crippen LogP) is 1.83. The van der Waals surface area contributed by atoms with Gasteiger partial charge in [-0.05, 0) is 23.4 Å². The highest BCUT2D eigenvalue weighted by Crippen LogP contribution is 2.16. The summed E-state index contributed by atoms with van der Waals surface area (Å²) in [5.74, 6) is -0.856. The maximum absolute atomic E-state index is 11.6. The van der Waals surface area contributed by atoms with Gasteiger partial charge in [0, 0.05) is 25.7 Å². The van der Waals surface area contributed by atoms with Gasteiger partial charge in [-0.15, -0.1) is 0 Å². The van der Waals surface area contributed by atoms with Crippen LogP contribution in [-0.4, -0.2) is 28.6 Å². The van der Waals surface area contributed by atoms with Crippen LogP contribution in [0.2, 0.25) is 0 Å². The van der Waals surface area contributed by atoms with Crippen LogP contribution in [0.1, 0.15) is 18.4 Å². The van der Waals surface area contributed by atoms with Crippen LogP contribution < -0.4 is 10.6 Å². The molecule has 6 heteroatoms. The summed E-state index contributed by atoms with van der Waals surface area (Å²) in [4.78, 5) is 25.0. The van der Waals surface area contributed by atoms with Crippen LogP contribution in [0.4, 0.5) is 4.79 Å². The molecular weight excluding hydrogens is 258 g/mol. The molecule has 0 bridgehead atoms. The molecule has 0 spiro atoms. The molecule has 2 aromatic rings. The number of para-hydroxylation sites is 1. The smallest absolute Gasteiger partial charge is 0.315 e. The van der Waals surface area contributed by atoms with E-state index in [-0.39, 0.29) is 12.5 Å². The van der Waals surface area contributed by atoms with Crippen LogP contribution in [0.15, 0.2) is 30.5 Å². The Bertz CT molecular complexity index is 606. The summed E-state index contributed by atoms with van der Waals surface area (Å²) in [6.07, 6.45) is 2.34. The Morgan fingerprint density at radius 1 is 1.20 bits per heavy atom. The highest BCUT2D eigenvalue weighted by atomic mass is 16.4. The number of amides is 2. The lowest BCUT2D eigenvalue weighted by atomic mass is 10.1. The highest BCUT2D eigenvalue weighted by molar-refractivity contribution is 5.83. The Balaban J connectivity index is 1.78. The Labute approximate surface area is 116 Å². The Morgan fingerprint density at radius 3 is 2.85 bits per heavy atom. The molecule has 0 atom stereocenters. The summed E-state index contributed by atoms with van der Waals surface area (Å²) >= 11 is 0. The van der Waals surface area contributed by atoms with Crippen molar-refractivity contribution in [3.05, 3.63) is 36.0 Å². The monoisotopic (exact) mass is 275 g/mol. The molecule has 0 aliphatic carbocycles. The summed E-state index contributed by atoms with van der Waals surface area (Å²) in [6, 6.07) is 7.58. The number of nitrogens with one attached hydrogen (secondary N) is 3. The molecule has 2 amide bonds. The molecule has 4 N–H and O–H groups in total. The summed E-state index contributed by atoms with van der Waals surface area (Å²) in [7, 11) is 0. The van der Waals surface area contributed by atoms with Gasteiger partial charge in [-0.25, -0.2) is 4.79 Å². The number of rotatable bonds is 6. The number of carbonyl (C=O) groups excluding carboxylic acids is 1. The number of benzene rings is 1. The molecule has 0 unspecified atom stereocenters. The maximum Gasteiger partial charge on any atom is 0.315 e. The highest BCUT2D eigenvalue weighted by Gasteiger charge is 2.04. The first-order valence-corrected chi connectivity index (χ1v) is 6.45. The van der Waals surface area contributed by atoms with E-state index in [4.69, 9.17) is 5.11 Å². The van der Waals surface area contributed by atoms with Crippen molar-refractivity contribution in [2.24, 2.45) is 0 Å². The van der Waals surface area contributed by atoms with Crippen molar-refractivity contribution in [1.82, 2.24) is 15.6 Å². The zero-order valence-electron chi connectivity index (χ0n) is 11.0. The first kappa shape index (κ1) is 13.9. The number of hydrogen-bond acceptors (Lipinski definition) is 2. The van der Waals surface area contributed by atoms with Gasteiger partial charge in [-0.1, -0.05) is 18.2 Å². The molecule has 0 saturated heterocycles. The first-order valence-electron chi connectivity index (χ1n) is 6.45. The average Bonchev–Trinajstić information content (AvgIpc) is 2.90. The first-order chi connectivity index (χ1) is 9.66. The second-order valence-electron chi connectivity index (χ2n) is 4.47. The second-order valence-corrected chi connectivity index (χ2v) is 4.47. The summed E-state index contributed by atoms with van der Waals surface area (Å²) in [6.45, 7) is 0.771. The Morgan fingerprint density at radius 2 is 2.05 bits per heavy atom. The summed E-state index contributed by atoms with van der Waals surface area (Å²) in [5.41, 5.74) is 2.02. The molecule has 0 saturated carbocycles. The van der Waals surface area contributed by atoms with Crippen molar-refractivity contribution in [3.63, 3.8) is 0 Å². The normalized spacial score (nSPS) is 10.4. The number of urea groups is 1. The van der Waals surface area contributed by atoms with Crippen LogP contribution in [-0.2, 0) is 11.3 Å². The molecule has 2 rings (SSSR count). The van der Waals surface area contributed by atoms with Crippen molar-refractivity contribution in [1.29, 1.82) is 0 Å². The number of fused-ring (bicyclic) bond motifs is 1. The van der Waals surface area contributed by atoms with E-state index in [1.807, 2.05) is 30.5 Å². The van der Waals surface area contributed by atoms with Crippen LogP contribution >= 0.6 is 0 Å². The Hall–Kier alpha value is -2.50. The molecule has 1 aromatic carbocycles. The van der Waals surface area contributed by atoms with E-state index < -0.39 is 5.97 Å². The summed E-state index contributed by atoms with van der Waals surface area (Å²) in [5, 5.41) is 15.0. The van der Waals surface area contributed by atoms with Crippen molar-refractivity contribution < 1.29 is 14.7 Å². The minimum Gasteiger partial charge on any atom is -0.481 e. The number of H-pyrrole nitrogens is 1. The fourth-order valence-electron chi connectivity index (χ4n) is 1.98. The molecule has 20 heavy (non-hydrogen) atoms.